The molecule has 1 atom stereocenters. The molecule has 1 saturated heterocycles. The lowest BCUT2D eigenvalue weighted by Gasteiger charge is -2.33. The van der Waals surface area contributed by atoms with E-state index in [1.54, 1.807) is 0 Å². The normalized spacial score (nSPS) is 18.9. The first-order chi connectivity index (χ1) is 18.5. The molecule has 0 bridgehead atoms. The van der Waals surface area contributed by atoms with Crippen molar-refractivity contribution in [3.05, 3.63) is 100.0 Å². The van der Waals surface area contributed by atoms with E-state index in [1.165, 1.54) is 36.6 Å². The maximum Gasteiger partial charge on any atom is 0.265 e. The van der Waals surface area contributed by atoms with E-state index in [4.69, 9.17) is 0 Å². The Labute approximate surface area is 229 Å². The maximum atomic E-state index is 13.6. The molecule has 3 aromatic rings. The summed E-state index contributed by atoms with van der Waals surface area (Å²) < 4.78 is 0. The Balaban J connectivity index is 1.27. The van der Waals surface area contributed by atoms with Crippen molar-refractivity contribution in [2.45, 2.75) is 50.6 Å². The van der Waals surface area contributed by atoms with Crippen LogP contribution in [0.25, 0.3) is 6.08 Å². The van der Waals surface area contributed by atoms with Crippen LogP contribution in [0.4, 0.5) is 5.69 Å². The fourth-order valence-electron chi connectivity index (χ4n) is 5.16. The molecule has 2 aliphatic rings. The van der Waals surface area contributed by atoms with Crippen LogP contribution < -0.4 is 10.2 Å². The molecule has 5 rings (SSSR count). The Morgan fingerprint density at radius 3 is 2.58 bits per heavy atom. The van der Waals surface area contributed by atoms with Gasteiger partial charge in [-0.2, -0.15) is 0 Å². The predicted octanol–water partition coefficient (Wildman–Crippen LogP) is 6.28. The minimum Gasteiger partial charge on any atom is -0.351 e. The highest BCUT2D eigenvalue weighted by Crippen LogP contribution is 2.42. The number of nitrogens with zero attached hydrogens (tertiary/aromatic N) is 2. The molecule has 1 N–H and O–H groups in total. The van der Waals surface area contributed by atoms with Crippen molar-refractivity contribution in [2.24, 2.45) is 0 Å². The Hall–Kier alpha value is -3.35. The number of carbonyl (C=O) groups is 2. The van der Waals surface area contributed by atoms with Crippen molar-refractivity contribution >= 4 is 35.3 Å². The quantitative estimate of drug-likeness (QED) is 0.369. The number of aryl methyl sites for hydroxylation is 1. The van der Waals surface area contributed by atoms with Crippen molar-refractivity contribution in [1.29, 1.82) is 0 Å². The lowest BCUT2D eigenvalue weighted by Crippen LogP contribution is -2.42. The van der Waals surface area contributed by atoms with Gasteiger partial charge in [0.1, 0.15) is 0 Å². The number of likely N-dealkylation sites (tertiary alicyclic amines) is 1. The van der Waals surface area contributed by atoms with Gasteiger partial charge < -0.3 is 10.2 Å². The fourth-order valence-corrected chi connectivity index (χ4v) is 6.22. The third-order valence-corrected chi connectivity index (χ3v) is 8.59. The maximum absolute atomic E-state index is 13.6. The van der Waals surface area contributed by atoms with Gasteiger partial charge in [0.15, 0.2) is 0 Å². The molecule has 2 aliphatic heterocycles. The van der Waals surface area contributed by atoms with Crippen LogP contribution in [-0.2, 0) is 11.3 Å². The first kappa shape index (κ1) is 26.3. The van der Waals surface area contributed by atoms with Gasteiger partial charge in [-0.05, 0) is 80.3 Å². The summed E-state index contributed by atoms with van der Waals surface area (Å²) in [7, 11) is 0. The number of para-hydroxylation sites is 1. The molecule has 0 spiro atoms. The highest BCUT2D eigenvalue weighted by atomic mass is 32.2. The summed E-state index contributed by atoms with van der Waals surface area (Å²) in [4.78, 5) is 32.4. The predicted molar refractivity (Wildman–Crippen MR) is 156 cm³/mol. The minimum atomic E-state index is -0.0599. The van der Waals surface area contributed by atoms with Crippen LogP contribution in [-0.4, -0.2) is 42.4 Å². The highest BCUT2D eigenvalue weighted by molar-refractivity contribution is 8.04. The molecule has 196 valence electrons. The molecule has 0 aromatic heterocycles. The molecular weight excluding hydrogens is 490 g/mol. The number of anilines is 1. The molecule has 3 aromatic carbocycles. The number of piperidine rings is 1. The van der Waals surface area contributed by atoms with Crippen LogP contribution in [0.1, 0.15) is 53.2 Å². The Morgan fingerprint density at radius 2 is 1.79 bits per heavy atom. The van der Waals surface area contributed by atoms with E-state index >= 15 is 0 Å². The van der Waals surface area contributed by atoms with Gasteiger partial charge in [-0.3, -0.25) is 14.5 Å². The standard InChI is InChI=1S/C32H35N3O2S/c1-23-9-3-4-11-27(23)22-35-28-12-5-6-13-29(28)38-30(32(35)37)21-25-14-16-26(17-15-25)31(36)33-18-20-34-19-8-7-10-24(34)2/h3-6,9,11-17,21,24H,7-8,10,18-20,22H2,1-2H3,(H,33,36)/b30-21+/t24-/m0/s1. The first-order valence-electron chi connectivity index (χ1n) is 13.5. The van der Waals surface area contributed by atoms with E-state index in [0.29, 0.717) is 29.6 Å². The third-order valence-electron chi connectivity index (χ3n) is 7.52. The van der Waals surface area contributed by atoms with E-state index in [1.807, 2.05) is 65.6 Å². The number of hydrogen-bond acceptors (Lipinski definition) is 4. The van der Waals surface area contributed by atoms with Gasteiger partial charge in [0.25, 0.3) is 11.8 Å². The molecule has 0 aliphatic carbocycles. The molecule has 6 heteroatoms. The number of rotatable bonds is 7. The lowest BCUT2D eigenvalue weighted by molar-refractivity contribution is -0.114. The van der Waals surface area contributed by atoms with Crippen molar-refractivity contribution < 1.29 is 9.59 Å². The van der Waals surface area contributed by atoms with Gasteiger partial charge in [-0.25, -0.2) is 0 Å². The molecule has 0 radical (unpaired) electrons. The van der Waals surface area contributed by atoms with Crippen LogP contribution >= 0.6 is 11.8 Å². The second-order valence-electron chi connectivity index (χ2n) is 10.2. The van der Waals surface area contributed by atoms with E-state index < -0.39 is 0 Å². The summed E-state index contributed by atoms with van der Waals surface area (Å²) in [6.07, 6.45) is 5.70. The van der Waals surface area contributed by atoms with Gasteiger partial charge in [0, 0.05) is 29.6 Å². The number of thioether (sulfide) groups is 1. The summed E-state index contributed by atoms with van der Waals surface area (Å²) >= 11 is 1.50. The van der Waals surface area contributed by atoms with Crippen LogP contribution in [0, 0.1) is 6.92 Å². The van der Waals surface area contributed by atoms with Crippen molar-refractivity contribution in [1.82, 2.24) is 10.2 Å². The molecule has 2 heterocycles. The van der Waals surface area contributed by atoms with E-state index in [0.717, 1.165) is 34.8 Å². The van der Waals surface area contributed by atoms with Gasteiger partial charge in [-0.1, -0.05) is 66.7 Å². The Kier molecular flexibility index (Phi) is 8.30. The van der Waals surface area contributed by atoms with Crippen LogP contribution in [0.15, 0.2) is 82.6 Å². The zero-order chi connectivity index (χ0) is 26.5. The first-order valence-corrected chi connectivity index (χ1v) is 14.3. The average molecular weight is 526 g/mol. The number of nitrogens with one attached hydrogen (secondary N) is 1. The van der Waals surface area contributed by atoms with Crippen LogP contribution in [0.3, 0.4) is 0 Å². The smallest absolute Gasteiger partial charge is 0.265 e. The average Bonchev–Trinajstić information content (AvgIpc) is 2.93. The summed E-state index contributed by atoms with van der Waals surface area (Å²) in [6.45, 7) is 7.52. The molecule has 38 heavy (non-hydrogen) atoms. The number of fused-ring (bicyclic) bond motifs is 1. The summed E-state index contributed by atoms with van der Waals surface area (Å²) in [6, 6.07) is 24.3. The zero-order valence-electron chi connectivity index (χ0n) is 22.2. The number of hydrogen-bond donors (Lipinski definition) is 1. The monoisotopic (exact) mass is 525 g/mol. The Morgan fingerprint density at radius 1 is 1.03 bits per heavy atom. The van der Waals surface area contributed by atoms with E-state index in [-0.39, 0.29) is 11.8 Å². The highest BCUT2D eigenvalue weighted by Gasteiger charge is 2.29. The second-order valence-corrected chi connectivity index (χ2v) is 11.2. The van der Waals surface area contributed by atoms with Crippen LogP contribution in [0.2, 0.25) is 0 Å². The van der Waals surface area contributed by atoms with Gasteiger partial charge >= 0.3 is 0 Å². The van der Waals surface area contributed by atoms with E-state index in [2.05, 4.69) is 42.3 Å². The van der Waals surface area contributed by atoms with E-state index in [9.17, 15) is 9.59 Å². The van der Waals surface area contributed by atoms with Crippen LogP contribution in [0.5, 0.6) is 0 Å². The second kappa shape index (κ2) is 12.0. The summed E-state index contributed by atoms with van der Waals surface area (Å²) in [5, 5.41) is 3.06. The van der Waals surface area contributed by atoms with Crippen molar-refractivity contribution in [3.8, 4) is 0 Å². The zero-order valence-corrected chi connectivity index (χ0v) is 23.0. The largest absolute Gasteiger partial charge is 0.351 e. The van der Waals surface area contributed by atoms with Gasteiger partial charge in [0.05, 0.1) is 17.1 Å². The minimum absolute atomic E-state index is 0.00860. The molecule has 0 unspecified atom stereocenters. The SMILES string of the molecule is Cc1ccccc1CN1C(=O)/C(=C\c2ccc(C(=O)NCCN3CCCC[C@@H]3C)cc2)Sc2ccccc21. The Bertz CT molecular complexity index is 1330. The molecule has 2 amide bonds. The summed E-state index contributed by atoms with van der Waals surface area (Å²) in [5.41, 5.74) is 4.77. The number of benzene rings is 3. The topological polar surface area (TPSA) is 52.7 Å². The van der Waals surface area contributed by atoms with Gasteiger partial charge in [-0.15, -0.1) is 0 Å². The third kappa shape index (κ3) is 6.03. The van der Waals surface area contributed by atoms with Gasteiger partial charge in [0.2, 0.25) is 0 Å². The molecule has 5 nitrogen and oxygen atoms in total. The molecule has 1 fully saturated rings. The number of amides is 2. The molecular formula is C32H35N3O2S. The molecule has 0 saturated carbocycles. The number of carbonyl (C=O) groups excluding carboxylic acids is 2. The van der Waals surface area contributed by atoms with Crippen molar-refractivity contribution in [2.75, 3.05) is 24.5 Å². The lowest BCUT2D eigenvalue weighted by atomic mass is 10.0. The fraction of sp³-hybridized carbons (Fsp3) is 0.312. The summed E-state index contributed by atoms with van der Waals surface area (Å²) in [5.74, 6) is -0.0685. The van der Waals surface area contributed by atoms with Crippen molar-refractivity contribution in [3.63, 3.8) is 0 Å².